The van der Waals surface area contributed by atoms with Gasteiger partial charge < -0.3 is 25.3 Å². The highest BCUT2D eigenvalue weighted by molar-refractivity contribution is 9.10. The zero-order valence-electron chi connectivity index (χ0n) is 27.3. The SMILES string of the molecule is O=C(NCCN1CCCC1)c1ccccc1-c1ccc(CN(CCc2ccc(O)cc2)C(=O)Cc2ccc(Br)cc2)cc1.O=C(O)C(F)(F)F. The lowest BCUT2D eigenvalue weighted by Crippen LogP contribution is -2.33. The van der Waals surface area contributed by atoms with Crippen LogP contribution in [0, 0.1) is 0 Å². The van der Waals surface area contributed by atoms with E-state index < -0.39 is 12.1 Å². The van der Waals surface area contributed by atoms with Gasteiger partial charge in [-0.15, -0.1) is 0 Å². The summed E-state index contributed by atoms with van der Waals surface area (Å²) in [6, 6.07) is 30.8. The molecule has 4 aromatic rings. The Bertz CT molecular complexity index is 1710. The van der Waals surface area contributed by atoms with E-state index in [-0.39, 0.29) is 17.6 Å². The van der Waals surface area contributed by atoms with Crippen molar-refractivity contribution in [3.63, 3.8) is 0 Å². The first-order chi connectivity index (χ1) is 23.9. The number of carbonyl (C=O) groups is 3. The minimum Gasteiger partial charge on any atom is -0.508 e. The van der Waals surface area contributed by atoms with E-state index >= 15 is 0 Å². The first kappa shape index (κ1) is 38.1. The van der Waals surface area contributed by atoms with E-state index in [4.69, 9.17) is 9.90 Å². The summed E-state index contributed by atoms with van der Waals surface area (Å²) in [5, 5.41) is 19.9. The maximum Gasteiger partial charge on any atom is 0.490 e. The van der Waals surface area contributed by atoms with E-state index in [0.717, 1.165) is 51.9 Å². The molecule has 264 valence electrons. The predicted octanol–water partition coefficient (Wildman–Crippen LogP) is 7.09. The van der Waals surface area contributed by atoms with Gasteiger partial charge in [-0.25, -0.2) is 4.79 Å². The number of amides is 2. The third kappa shape index (κ3) is 12.0. The number of hydrogen-bond acceptors (Lipinski definition) is 5. The average molecular weight is 755 g/mol. The minimum absolute atomic E-state index is 0.0566. The second-order valence-corrected chi connectivity index (χ2v) is 12.8. The van der Waals surface area contributed by atoms with Crippen molar-refractivity contribution in [3.05, 3.63) is 124 Å². The molecular formula is C38H39BrF3N3O5. The van der Waals surface area contributed by atoms with Gasteiger partial charge in [-0.2, -0.15) is 13.2 Å². The zero-order chi connectivity index (χ0) is 36.1. The summed E-state index contributed by atoms with van der Waals surface area (Å²) < 4.78 is 32.7. The van der Waals surface area contributed by atoms with Crippen molar-refractivity contribution in [2.24, 2.45) is 0 Å². The number of rotatable bonds is 12. The van der Waals surface area contributed by atoms with Crippen LogP contribution in [0.25, 0.3) is 11.1 Å². The molecule has 2 amide bonds. The second kappa shape index (κ2) is 18.4. The van der Waals surface area contributed by atoms with Gasteiger partial charge in [0, 0.05) is 36.2 Å². The lowest BCUT2D eigenvalue weighted by Gasteiger charge is -2.23. The van der Waals surface area contributed by atoms with Crippen LogP contribution in [0.4, 0.5) is 13.2 Å². The first-order valence-corrected chi connectivity index (χ1v) is 17.0. The maximum atomic E-state index is 13.5. The van der Waals surface area contributed by atoms with Crippen LogP contribution in [0.15, 0.2) is 102 Å². The molecule has 1 aliphatic rings. The van der Waals surface area contributed by atoms with Gasteiger partial charge in [-0.1, -0.05) is 82.7 Å². The van der Waals surface area contributed by atoms with Crippen LogP contribution in [0.2, 0.25) is 0 Å². The lowest BCUT2D eigenvalue weighted by molar-refractivity contribution is -0.192. The van der Waals surface area contributed by atoms with Crippen molar-refractivity contribution < 1.29 is 37.8 Å². The third-order valence-corrected chi connectivity index (χ3v) is 8.72. The highest BCUT2D eigenvalue weighted by Gasteiger charge is 2.38. The summed E-state index contributed by atoms with van der Waals surface area (Å²) in [6.07, 6.45) is -1.60. The number of halogens is 4. The van der Waals surface area contributed by atoms with Gasteiger partial charge in [0.1, 0.15) is 5.75 Å². The molecule has 5 rings (SSSR count). The molecule has 0 bridgehead atoms. The van der Waals surface area contributed by atoms with Crippen molar-refractivity contribution in [1.29, 1.82) is 0 Å². The minimum atomic E-state index is -5.08. The fourth-order valence-electron chi connectivity index (χ4n) is 5.48. The number of hydrogen-bond donors (Lipinski definition) is 3. The van der Waals surface area contributed by atoms with Crippen LogP contribution in [0.1, 0.15) is 39.9 Å². The molecule has 0 aromatic heterocycles. The van der Waals surface area contributed by atoms with Crippen LogP contribution in [-0.4, -0.2) is 76.7 Å². The van der Waals surface area contributed by atoms with Crippen molar-refractivity contribution in [2.75, 3.05) is 32.7 Å². The number of aromatic hydroxyl groups is 1. The Labute approximate surface area is 297 Å². The lowest BCUT2D eigenvalue weighted by atomic mass is 9.98. The van der Waals surface area contributed by atoms with Gasteiger partial charge >= 0.3 is 12.1 Å². The van der Waals surface area contributed by atoms with Crippen LogP contribution in [-0.2, 0) is 29.0 Å². The number of carbonyl (C=O) groups excluding carboxylic acids is 2. The summed E-state index contributed by atoms with van der Waals surface area (Å²) in [6.45, 7) is 4.78. The first-order valence-electron chi connectivity index (χ1n) is 16.2. The molecular weight excluding hydrogens is 715 g/mol. The topological polar surface area (TPSA) is 110 Å². The molecule has 4 aromatic carbocycles. The summed E-state index contributed by atoms with van der Waals surface area (Å²) >= 11 is 3.46. The Morgan fingerprint density at radius 1 is 0.820 bits per heavy atom. The maximum absolute atomic E-state index is 13.5. The predicted molar refractivity (Wildman–Crippen MR) is 189 cm³/mol. The number of phenols is 1. The van der Waals surface area contributed by atoms with E-state index in [1.54, 1.807) is 12.1 Å². The van der Waals surface area contributed by atoms with Gasteiger partial charge in [0.25, 0.3) is 5.91 Å². The van der Waals surface area contributed by atoms with Gasteiger partial charge in [-0.3, -0.25) is 9.59 Å². The van der Waals surface area contributed by atoms with E-state index in [1.165, 1.54) is 12.8 Å². The molecule has 50 heavy (non-hydrogen) atoms. The summed E-state index contributed by atoms with van der Waals surface area (Å²) in [7, 11) is 0. The fraction of sp³-hybridized carbons (Fsp3) is 0.289. The summed E-state index contributed by atoms with van der Waals surface area (Å²) in [5.74, 6) is -2.53. The Morgan fingerprint density at radius 2 is 1.40 bits per heavy atom. The molecule has 0 radical (unpaired) electrons. The Hall–Kier alpha value is -4.68. The molecule has 0 spiro atoms. The van der Waals surface area contributed by atoms with Gasteiger partial charge in [0.15, 0.2) is 0 Å². The van der Waals surface area contributed by atoms with Crippen molar-refractivity contribution in [1.82, 2.24) is 15.1 Å². The largest absolute Gasteiger partial charge is 0.508 e. The molecule has 12 heteroatoms. The van der Waals surface area contributed by atoms with Crippen molar-refractivity contribution in [2.45, 2.75) is 38.4 Å². The number of phenolic OH excluding ortho intramolecular Hbond substituents is 1. The second-order valence-electron chi connectivity index (χ2n) is 11.9. The number of nitrogens with one attached hydrogen (secondary N) is 1. The van der Waals surface area contributed by atoms with Crippen molar-refractivity contribution >= 4 is 33.7 Å². The zero-order valence-corrected chi connectivity index (χ0v) is 28.9. The highest BCUT2D eigenvalue weighted by Crippen LogP contribution is 2.25. The van der Waals surface area contributed by atoms with E-state index in [2.05, 4.69) is 26.1 Å². The third-order valence-electron chi connectivity index (χ3n) is 8.19. The van der Waals surface area contributed by atoms with Crippen LogP contribution >= 0.6 is 15.9 Å². The van der Waals surface area contributed by atoms with Gasteiger partial charge in [-0.05, 0) is 90.5 Å². The van der Waals surface area contributed by atoms with Gasteiger partial charge in [0.05, 0.1) is 6.42 Å². The molecule has 3 N–H and O–H groups in total. The molecule has 0 atom stereocenters. The number of nitrogens with zero attached hydrogens (tertiary/aromatic N) is 2. The summed E-state index contributed by atoms with van der Waals surface area (Å²) in [4.78, 5) is 39.8. The smallest absolute Gasteiger partial charge is 0.490 e. The number of likely N-dealkylation sites (tertiary alicyclic amines) is 1. The number of aliphatic carboxylic acids is 1. The molecule has 0 unspecified atom stereocenters. The van der Waals surface area contributed by atoms with E-state index in [0.29, 0.717) is 38.0 Å². The monoisotopic (exact) mass is 753 g/mol. The van der Waals surface area contributed by atoms with E-state index in [9.17, 15) is 27.9 Å². The van der Waals surface area contributed by atoms with Crippen LogP contribution in [0.3, 0.4) is 0 Å². The molecule has 8 nitrogen and oxygen atoms in total. The normalized spacial score (nSPS) is 12.9. The quantitative estimate of drug-likeness (QED) is 0.143. The highest BCUT2D eigenvalue weighted by atomic mass is 79.9. The van der Waals surface area contributed by atoms with Crippen LogP contribution < -0.4 is 5.32 Å². The standard InChI is InChI=1S/C36H38BrN3O3.C2HF3O2/c37-31-15-9-28(10-16-31)25-35(42)40(23-19-27-11-17-32(41)18-12-27)26-29-7-13-30(14-8-29)33-5-1-2-6-34(33)36(43)38-20-24-39-21-3-4-22-39;3-2(4,5)1(6)7/h1-2,5-18,41H,3-4,19-26H2,(H,38,43);(H,6,7). The molecule has 1 fully saturated rings. The number of carboxylic acid groups (broad SMARTS) is 1. The molecule has 0 saturated carbocycles. The summed E-state index contributed by atoms with van der Waals surface area (Å²) in [5.41, 5.74) is 5.57. The number of carboxylic acids is 1. The fourth-order valence-corrected chi connectivity index (χ4v) is 5.74. The number of alkyl halides is 3. The molecule has 0 aliphatic carbocycles. The molecule has 1 aliphatic heterocycles. The van der Waals surface area contributed by atoms with E-state index in [1.807, 2.05) is 89.8 Å². The molecule has 1 heterocycles. The average Bonchev–Trinajstić information content (AvgIpc) is 3.62. The van der Waals surface area contributed by atoms with Crippen molar-refractivity contribution in [3.8, 4) is 16.9 Å². The Kier molecular flexibility index (Phi) is 14.0. The molecule has 1 saturated heterocycles. The van der Waals surface area contributed by atoms with Gasteiger partial charge in [0.2, 0.25) is 5.91 Å². The van der Waals surface area contributed by atoms with Crippen LogP contribution in [0.5, 0.6) is 5.75 Å². The number of benzene rings is 4. The Morgan fingerprint density at radius 3 is 2.02 bits per heavy atom. The Balaban J connectivity index is 0.000000727.